The van der Waals surface area contributed by atoms with Crippen molar-refractivity contribution in [1.82, 2.24) is 4.98 Å². The first-order valence-electron chi connectivity index (χ1n) is 7.58. The first-order chi connectivity index (χ1) is 9.28. The number of rotatable bonds is 2. The molecule has 0 aromatic carbocycles. The highest BCUT2D eigenvalue weighted by atomic mass is 35.5. The molecule has 1 saturated carbocycles. The predicted octanol–water partition coefficient (Wildman–Crippen LogP) is 4.29. The maximum Gasteiger partial charge on any atom is 0.129 e. The second-order valence-electron chi connectivity index (χ2n) is 6.06. The summed E-state index contributed by atoms with van der Waals surface area (Å²) in [6.45, 7) is 3.24. The molecule has 3 rings (SSSR count). The van der Waals surface area contributed by atoms with Crippen LogP contribution in [0.1, 0.15) is 49.8 Å². The molecule has 1 aliphatic carbocycles. The van der Waals surface area contributed by atoms with Crippen LogP contribution in [0.25, 0.3) is 0 Å². The van der Waals surface area contributed by atoms with Gasteiger partial charge < -0.3 is 4.90 Å². The smallest absolute Gasteiger partial charge is 0.129 e. The first-order valence-corrected chi connectivity index (χ1v) is 8.11. The Balaban J connectivity index is 1.89. The van der Waals surface area contributed by atoms with Gasteiger partial charge in [0.2, 0.25) is 0 Å². The van der Waals surface area contributed by atoms with Crippen molar-refractivity contribution >= 4 is 17.4 Å². The van der Waals surface area contributed by atoms with Gasteiger partial charge in [-0.1, -0.05) is 12.8 Å². The minimum absolute atomic E-state index is 0.582. The summed E-state index contributed by atoms with van der Waals surface area (Å²) in [6.07, 6.45) is 8.28. The summed E-state index contributed by atoms with van der Waals surface area (Å²) in [6, 6.07) is 5.01. The van der Waals surface area contributed by atoms with Crippen LogP contribution in [0.2, 0.25) is 0 Å². The molecule has 1 saturated heterocycles. The van der Waals surface area contributed by atoms with Crippen molar-refractivity contribution in [3.05, 3.63) is 23.4 Å². The fourth-order valence-electron chi connectivity index (χ4n) is 3.85. The summed E-state index contributed by atoms with van der Waals surface area (Å²) >= 11 is 6.00. The highest BCUT2D eigenvalue weighted by Crippen LogP contribution is 2.37. The van der Waals surface area contributed by atoms with Crippen LogP contribution in [-0.2, 0) is 5.88 Å². The van der Waals surface area contributed by atoms with Crippen molar-refractivity contribution < 1.29 is 0 Å². The molecule has 0 bridgehead atoms. The summed E-state index contributed by atoms with van der Waals surface area (Å²) in [7, 11) is 0. The number of aromatic nitrogens is 1. The molecule has 2 atom stereocenters. The van der Waals surface area contributed by atoms with E-state index in [4.69, 9.17) is 16.6 Å². The summed E-state index contributed by atoms with van der Waals surface area (Å²) in [4.78, 5) is 7.33. The lowest BCUT2D eigenvalue weighted by Gasteiger charge is -2.45. The summed E-state index contributed by atoms with van der Waals surface area (Å²) < 4.78 is 0. The van der Waals surface area contributed by atoms with Gasteiger partial charge in [-0.25, -0.2) is 4.98 Å². The number of fused-ring (bicyclic) bond motifs is 1. The molecule has 19 heavy (non-hydrogen) atoms. The number of nitrogens with zero attached hydrogens (tertiary/aromatic N) is 2. The van der Waals surface area contributed by atoms with Gasteiger partial charge in [0.05, 0.1) is 0 Å². The third kappa shape index (κ3) is 2.74. The highest BCUT2D eigenvalue weighted by molar-refractivity contribution is 6.17. The molecule has 3 heteroatoms. The zero-order chi connectivity index (χ0) is 13.2. The number of alkyl halides is 1. The zero-order valence-electron chi connectivity index (χ0n) is 11.7. The van der Waals surface area contributed by atoms with E-state index >= 15 is 0 Å². The molecule has 2 aliphatic rings. The molecular formula is C16H23ClN2. The number of hydrogen-bond acceptors (Lipinski definition) is 2. The quantitative estimate of drug-likeness (QED) is 0.751. The Morgan fingerprint density at radius 2 is 2.00 bits per heavy atom. The van der Waals surface area contributed by atoms with Gasteiger partial charge in [-0.3, -0.25) is 0 Å². The number of hydrogen-bond donors (Lipinski definition) is 0. The molecule has 2 heterocycles. The molecule has 0 unspecified atom stereocenters. The van der Waals surface area contributed by atoms with E-state index in [0.29, 0.717) is 5.88 Å². The Labute approximate surface area is 121 Å². The van der Waals surface area contributed by atoms with E-state index in [1.165, 1.54) is 50.6 Å². The van der Waals surface area contributed by atoms with Crippen LogP contribution in [0.3, 0.4) is 0 Å². The average molecular weight is 279 g/mol. The van der Waals surface area contributed by atoms with Crippen LogP contribution in [0, 0.1) is 12.8 Å². The maximum atomic E-state index is 6.00. The third-order valence-electron chi connectivity index (χ3n) is 4.69. The number of pyridine rings is 1. The molecule has 1 aromatic heterocycles. The van der Waals surface area contributed by atoms with Crippen LogP contribution < -0.4 is 4.90 Å². The van der Waals surface area contributed by atoms with Gasteiger partial charge in [-0.2, -0.15) is 0 Å². The largest absolute Gasteiger partial charge is 0.353 e. The van der Waals surface area contributed by atoms with Crippen LogP contribution in [0.4, 0.5) is 5.82 Å². The number of aryl methyl sites for hydroxylation is 1. The number of anilines is 1. The standard InChI is InChI=1S/C16H23ClN2/c1-12-9-13(11-17)10-16(18-12)19-8-4-6-14-5-2-3-7-15(14)19/h9-10,14-15H,2-8,11H2,1H3/t14-,15-/m1/s1. The zero-order valence-corrected chi connectivity index (χ0v) is 12.5. The van der Waals surface area contributed by atoms with Gasteiger partial charge in [-0.15, -0.1) is 11.6 Å². The topological polar surface area (TPSA) is 16.1 Å². The predicted molar refractivity (Wildman–Crippen MR) is 80.9 cm³/mol. The Hall–Kier alpha value is -0.760. The minimum atomic E-state index is 0.582. The summed E-state index contributed by atoms with van der Waals surface area (Å²) in [5.41, 5.74) is 2.29. The Morgan fingerprint density at radius 3 is 2.84 bits per heavy atom. The van der Waals surface area contributed by atoms with Crippen molar-refractivity contribution in [2.75, 3.05) is 11.4 Å². The van der Waals surface area contributed by atoms with E-state index in [1.807, 2.05) is 0 Å². The third-order valence-corrected chi connectivity index (χ3v) is 5.00. The monoisotopic (exact) mass is 278 g/mol. The molecule has 1 aromatic rings. The average Bonchev–Trinajstić information content (AvgIpc) is 2.46. The van der Waals surface area contributed by atoms with E-state index in [0.717, 1.165) is 23.5 Å². The van der Waals surface area contributed by atoms with Gasteiger partial charge in [0, 0.05) is 24.2 Å². The molecule has 2 nitrogen and oxygen atoms in total. The Bertz CT molecular complexity index is 444. The summed E-state index contributed by atoms with van der Waals surface area (Å²) in [5.74, 6) is 2.63. The van der Waals surface area contributed by atoms with E-state index < -0.39 is 0 Å². The van der Waals surface area contributed by atoms with Gasteiger partial charge in [0.15, 0.2) is 0 Å². The van der Waals surface area contributed by atoms with Crippen molar-refractivity contribution in [3.8, 4) is 0 Å². The fourth-order valence-corrected chi connectivity index (χ4v) is 4.01. The van der Waals surface area contributed by atoms with Gasteiger partial charge in [-0.05, 0) is 56.2 Å². The van der Waals surface area contributed by atoms with E-state index in [-0.39, 0.29) is 0 Å². The Kier molecular flexibility index (Phi) is 3.97. The molecule has 0 radical (unpaired) electrons. The highest BCUT2D eigenvalue weighted by Gasteiger charge is 2.33. The van der Waals surface area contributed by atoms with Crippen molar-refractivity contribution in [1.29, 1.82) is 0 Å². The van der Waals surface area contributed by atoms with Crippen LogP contribution in [0.5, 0.6) is 0 Å². The lowest BCUT2D eigenvalue weighted by molar-refractivity contribution is 0.242. The molecule has 2 fully saturated rings. The molecule has 0 spiro atoms. The maximum absolute atomic E-state index is 6.00. The van der Waals surface area contributed by atoms with Crippen LogP contribution >= 0.6 is 11.6 Å². The van der Waals surface area contributed by atoms with Crippen LogP contribution in [-0.4, -0.2) is 17.6 Å². The lowest BCUT2D eigenvalue weighted by Crippen LogP contribution is -2.47. The van der Waals surface area contributed by atoms with Crippen molar-refractivity contribution in [2.45, 2.75) is 57.4 Å². The lowest BCUT2D eigenvalue weighted by atomic mass is 9.78. The van der Waals surface area contributed by atoms with Gasteiger partial charge in [0.25, 0.3) is 0 Å². The number of halogens is 1. The minimum Gasteiger partial charge on any atom is -0.353 e. The van der Waals surface area contributed by atoms with Crippen molar-refractivity contribution in [2.24, 2.45) is 5.92 Å². The molecule has 0 N–H and O–H groups in total. The second-order valence-corrected chi connectivity index (χ2v) is 6.32. The molecule has 104 valence electrons. The van der Waals surface area contributed by atoms with E-state index in [1.54, 1.807) is 0 Å². The Morgan fingerprint density at radius 1 is 1.21 bits per heavy atom. The molecule has 1 aliphatic heterocycles. The second kappa shape index (κ2) is 5.70. The molecule has 0 amide bonds. The van der Waals surface area contributed by atoms with Crippen molar-refractivity contribution in [3.63, 3.8) is 0 Å². The molecular weight excluding hydrogens is 256 g/mol. The SMILES string of the molecule is Cc1cc(CCl)cc(N2CCC[C@H]3CCCC[C@H]32)n1. The van der Waals surface area contributed by atoms with Crippen LogP contribution in [0.15, 0.2) is 12.1 Å². The van der Waals surface area contributed by atoms with Gasteiger partial charge >= 0.3 is 0 Å². The normalized spacial score (nSPS) is 27.2. The first kappa shape index (κ1) is 13.2. The van der Waals surface area contributed by atoms with E-state index in [2.05, 4.69) is 24.0 Å². The van der Waals surface area contributed by atoms with E-state index in [9.17, 15) is 0 Å². The summed E-state index contributed by atoms with van der Waals surface area (Å²) in [5, 5.41) is 0. The fraction of sp³-hybridized carbons (Fsp3) is 0.688. The number of piperidine rings is 1. The van der Waals surface area contributed by atoms with Gasteiger partial charge in [0.1, 0.15) is 5.82 Å².